The molecule has 3 aromatic rings. The molecular formula is C16H14N4O3. The number of amides is 1. The van der Waals surface area contributed by atoms with Crippen LogP contribution in [0.15, 0.2) is 47.1 Å². The largest absolute Gasteiger partial charge is 0.481 e. The van der Waals surface area contributed by atoms with Crippen LogP contribution in [0.25, 0.3) is 11.5 Å². The summed E-state index contributed by atoms with van der Waals surface area (Å²) >= 11 is 0. The highest BCUT2D eigenvalue weighted by Crippen LogP contribution is 2.18. The van der Waals surface area contributed by atoms with E-state index in [4.69, 9.17) is 9.26 Å². The van der Waals surface area contributed by atoms with Gasteiger partial charge in [0.15, 0.2) is 5.82 Å². The van der Waals surface area contributed by atoms with E-state index in [0.717, 1.165) is 5.56 Å². The van der Waals surface area contributed by atoms with Crippen LogP contribution in [-0.2, 0) is 0 Å². The number of rotatable bonds is 4. The van der Waals surface area contributed by atoms with Gasteiger partial charge >= 0.3 is 0 Å². The summed E-state index contributed by atoms with van der Waals surface area (Å²) in [6, 6.07) is 10.3. The van der Waals surface area contributed by atoms with Crippen LogP contribution in [0.5, 0.6) is 5.88 Å². The Kier molecular flexibility index (Phi) is 4.01. The van der Waals surface area contributed by atoms with Crippen LogP contribution in [0.3, 0.4) is 0 Å². The molecule has 0 saturated heterocycles. The molecule has 0 unspecified atom stereocenters. The van der Waals surface area contributed by atoms with Crippen LogP contribution in [0.4, 0.5) is 5.69 Å². The van der Waals surface area contributed by atoms with Crippen LogP contribution in [0, 0.1) is 6.92 Å². The SMILES string of the molecule is COc1ccc(NC(=O)c2ccc(-c3nc(C)no3)cc2)cn1. The van der Waals surface area contributed by atoms with E-state index in [2.05, 4.69) is 20.4 Å². The molecule has 7 nitrogen and oxygen atoms in total. The molecule has 7 heteroatoms. The highest BCUT2D eigenvalue weighted by Gasteiger charge is 2.10. The molecule has 0 aliphatic rings. The lowest BCUT2D eigenvalue weighted by molar-refractivity contribution is 0.102. The normalized spacial score (nSPS) is 10.3. The highest BCUT2D eigenvalue weighted by molar-refractivity contribution is 6.04. The summed E-state index contributed by atoms with van der Waals surface area (Å²) in [4.78, 5) is 20.4. The zero-order valence-corrected chi connectivity index (χ0v) is 12.6. The molecule has 2 aromatic heterocycles. The van der Waals surface area contributed by atoms with E-state index in [9.17, 15) is 4.79 Å². The van der Waals surface area contributed by atoms with Crippen molar-refractivity contribution in [1.82, 2.24) is 15.1 Å². The number of nitrogens with one attached hydrogen (secondary N) is 1. The lowest BCUT2D eigenvalue weighted by atomic mass is 10.1. The molecular weight excluding hydrogens is 296 g/mol. The summed E-state index contributed by atoms with van der Waals surface area (Å²) in [5.41, 5.74) is 1.86. The van der Waals surface area contributed by atoms with Gasteiger partial charge in [-0.3, -0.25) is 4.79 Å². The Morgan fingerprint density at radius 3 is 2.52 bits per heavy atom. The lowest BCUT2D eigenvalue weighted by Gasteiger charge is -2.06. The number of anilines is 1. The zero-order chi connectivity index (χ0) is 16.2. The van der Waals surface area contributed by atoms with Crippen molar-refractivity contribution >= 4 is 11.6 Å². The van der Waals surface area contributed by atoms with Crippen LogP contribution in [-0.4, -0.2) is 28.1 Å². The molecule has 2 heterocycles. The second kappa shape index (κ2) is 6.27. The van der Waals surface area contributed by atoms with Crippen molar-refractivity contribution in [1.29, 1.82) is 0 Å². The Morgan fingerprint density at radius 1 is 1.17 bits per heavy atom. The summed E-state index contributed by atoms with van der Waals surface area (Å²) in [5.74, 6) is 1.25. The van der Waals surface area contributed by atoms with Crippen LogP contribution < -0.4 is 10.1 Å². The van der Waals surface area contributed by atoms with Gasteiger partial charge in [0.2, 0.25) is 5.88 Å². The molecule has 1 aromatic carbocycles. The van der Waals surface area contributed by atoms with Crippen molar-refractivity contribution in [3.63, 3.8) is 0 Å². The first-order chi connectivity index (χ1) is 11.2. The van der Waals surface area contributed by atoms with Gasteiger partial charge in [-0.15, -0.1) is 0 Å². The van der Waals surface area contributed by atoms with E-state index in [0.29, 0.717) is 28.8 Å². The number of aryl methyl sites for hydroxylation is 1. The summed E-state index contributed by atoms with van der Waals surface area (Å²) in [7, 11) is 1.53. The number of pyridine rings is 1. The third-order valence-electron chi connectivity index (χ3n) is 3.12. The summed E-state index contributed by atoms with van der Waals surface area (Å²) < 4.78 is 10.1. The standard InChI is InChI=1S/C16H14N4O3/c1-10-18-16(23-20-10)12-5-3-11(4-6-12)15(21)19-13-7-8-14(22-2)17-9-13/h3-9H,1-2H3,(H,19,21). The molecule has 116 valence electrons. The summed E-state index contributed by atoms with van der Waals surface area (Å²) in [5, 5.41) is 6.50. The monoisotopic (exact) mass is 310 g/mol. The van der Waals surface area contributed by atoms with Crippen molar-refractivity contribution < 1.29 is 14.1 Å². The van der Waals surface area contributed by atoms with E-state index in [1.54, 1.807) is 43.3 Å². The van der Waals surface area contributed by atoms with E-state index in [1.807, 2.05) is 0 Å². The maximum Gasteiger partial charge on any atom is 0.257 e. The Hall–Kier alpha value is -3.22. The van der Waals surface area contributed by atoms with Crippen molar-refractivity contribution in [2.75, 3.05) is 12.4 Å². The van der Waals surface area contributed by atoms with Gasteiger partial charge < -0.3 is 14.6 Å². The number of carbonyl (C=O) groups excluding carboxylic acids is 1. The Bertz CT molecular complexity index is 810. The van der Waals surface area contributed by atoms with E-state index in [1.165, 1.54) is 13.3 Å². The second-order valence-corrected chi connectivity index (χ2v) is 4.77. The average molecular weight is 310 g/mol. The third kappa shape index (κ3) is 3.34. The maximum absolute atomic E-state index is 12.2. The van der Waals surface area contributed by atoms with Crippen LogP contribution in [0.1, 0.15) is 16.2 Å². The predicted octanol–water partition coefficient (Wildman–Crippen LogP) is 2.70. The first kappa shape index (κ1) is 14.7. The van der Waals surface area contributed by atoms with Gasteiger partial charge in [0.05, 0.1) is 19.0 Å². The molecule has 0 aliphatic heterocycles. The van der Waals surface area contributed by atoms with Crippen molar-refractivity contribution in [3.8, 4) is 17.3 Å². The number of methoxy groups -OCH3 is 1. The first-order valence-electron chi connectivity index (χ1n) is 6.88. The summed E-state index contributed by atoms with van der Waals surface area (Å²) in [6.45, 7) is 1.75. The fraction of sp³-hybridized carbons (Fsp3) is 0.125. The van der Waals surface area contributed by atoms with E-state index >= 15 is 0 Å². The number of nitrogens with zero attached hydrogens (tertiary/aromatic N) is 3. The Balaban J connectivity index is 1.72. The Morgan fingerprint density at radius 2 is 1.96 bits per heavy atom. The minimum absolute atomic E-state index is 0.231. The van der Waals surface area contributed by atoms with Gasteiger partial charge in [0, 0.05) is 17.2 Å². The molecule has 23 heavy (non-hydrogen) atoms. The van der Waals surface area contributed by atoms with Crippen molar-refractivity contribution in [3.05, 3.63) is 54.0 Å². The summed E-state index contributed by atoms with van der Waals surface area (Å²) in [6.07, 6.45) is 1.53. The van der Waals surface area contributed by atoms with E-state index in [-0.39, 0.29) is 5.91 Å². The average Bonchev–Trinajstić information content (AvgIpc) is 3.02. The number of ether oxygens (including phenoxy) is 1. The van der Waals surface area contributed by atoms with Gasteiger partial charge in [-0.05, 0) is 37.3 Å². The molecule has 0 saturated carbocycles. The Labute approximate surface area is 132 Å². The van der Waals surface area contributed by atoms with Crippen LogP contribution >= 0.6 is 0 Å². The quantitative estimate of drug-likeness (QED) is 0.797. The minimum Gasteiger partial charge on any atom is -0.481 e. The van der Waals surface area contributed by atoms with Gasteiger partial charge in [0.25, 0.3) is 11.8 Å². The fourth-order valence-electron chi connectivity index (χ4n) is 1.96. The predicted molar refractivity (Wildman–Crippen MR) is 83.2 cm³/mol. The van der Waals surface area contributed by atoms with Gasteiger partial charge in [-0.2, -0.15) is 4.98 Å². The second-order valence-electron chi connectivity index (χ2n) is 4.77. The van der Waals surface area contributed by atoms with Crippen molar-refractivity contribution in [2.45, 2.75) is 6.92 Å². The maximum atomic E-state index is 12.2. The molecule has 1 amide bonds. The molecule has 0 spiro atoms. The molecule has 0 atom stereocenters. The number of hydrogen-bond donors (Lipinski definition) is 1. The molecule has 0 bridgehead atoms. The van der Waals surface area contributed by atoms with Gasteiger partial charge in [-0.1, -0.05) is 5.16 Å². The van der Waals surface area contributed by atoms with Crippen molar-refractivity contribution in [2.24, 2.45) is 0 Å². The molecule has 0 fully saturated rings. The third-order valence-corrected chi connectivity index (χ3v) is 3.12. The number of carbonyl (C=O) groups is 1. The smallest absolute Gasteiger partial charge is 0.257 e. The van der Waals surface area contributed by atoms with Gasteiger partial charge in [0.1, 0.15) is 0 Å². The lowest BCUT2D eigenvalue weighted by Crippen LogP contribution is -2.11. The molecule has 0 radical (unpaired) electrons. The number of hydrogen-bond acceptors (Lipinski definition) is 6. The fourth-order valence-corrected chi connectivity index (χ4v) is 1.96. The zero-order valence-electron chi connectivity index (χ0n) is 12.6. The topological polar surface area (TPSA) is 90.1 Å². The number of benzene rings is 1. The van der Waals surface area contributed by atoms with Crippen LogP contribution in [0.2, 0.25) is 0 Å². The van der Waals surface area contributed by atoms with E-state index < -0.39 is 0 Å². The van der Waals surface area contributed by atoms with Gasteiger partial charge in [-0.25, -0.2) is 4.98 Å². The first-order valence-corrected chi connectivity index (χ1v) is 6.88. The number of aromatic nitrogens is 3. The molecule has 0 aliphatic carbocycles. The molecule has 3 rings (SSSR count). The highest BCUT2D eigenvalue weighted by atomic mass is 16.5. The minimum atomic E-state index is -0.231. The molecule has 1 N–H and O–H groups in total.